The van der Waals surface area contributed by atoms with Gasteiger partial charge in [0.1, 0.15) is 0 Å². The monoisotopic (exact) mass is 258 g/mol. The number of hydrogen-bond donors (Lipinski definition) is 1. The van der Waals surface area contributed by atoms with E-state index in [2.05, 4.69) is 37.5 Å². The van der Waals surface area contributed by atoms with Crippen LogP contribution in [0.15, 0.2) is 0 Å². The summed E-state index contributed by atoms with van der Waals surface area (Å²) in [5, 5.41) is 3.42. The van der Waals surface area contributed by atoms with Crippen LogP contribution in [0.5, 0.6) is 0 Å². The molecule has 1 aliphatic carbocycles. The third-order valence-corrected chi connectivity index (χ3v) is 4.76. The van der Waals surface area contributed by atoms with Crippen LogP contribution >= 0.6 is 11.8 Å². The molecule has 1 rings (SSSR count). The molecule has 0 bridgehead atoms. The molecule has 1 saturated carbocycles. The summed E-state index contributed by atoms with van der Waals surface area (Å²) in [6, 6.07) is 0. The summed E-state index contributed by atoms with van der Waals surface area (Å²) in [5.41, 5.74) is 0.536. The number of nitrogens with one attached hydrogen (secondary N) is 1. The van der Waals surface area contributed by atoms with Gasteiger partial charge in [0.2, 0.25) is 0 Å². The lowest BCUT2D eigenvalue weighted by Crippen LogP contribution is -2.44. The lowest BCUT2D eigenvalue weighted by molar-refractivity contribution is 0.104. The molecule has 0 radical (unpaired) electrons. The van der Waals surface area contributed by atoms with Crippen molar-refractivity contribution in [3.8, 4) is 0 Å². The van der Waals surface area contributed by atoms with Crippen molar-refractivity contribution in [2.45, 2.75) is 32.6 Å². The van der Waals surface area contributed by atoms with Gasteiger partial charge in [-0.05, 0) is 44.5 Å². The third-order valence-electron chi connectivity index (χ3n) is 4.17. The van der Waals surface area contributed by atoms with E-state index in [1.807, 2.05) is 11.8 Å². The number of hydrogen-bond acceptors (Lipinski definition) is 3. The van der Waals surface area contributed by atoms with E-state index in [1.54, 1.807) is 0 Å². The number of nitrogens with zero attached hydrogens (tertiary/aromatic N) is 1. The van der Waals surface area contributed by atoms with E-state index in [1.165, 1.54) is 51.1 Å². The lowest BCUT2D eigenvalue weighted by atomic mass is 9.70. The molecular formula is C14H30N2S. The summed E-state index contributed by atoms with van der Waals surface area (Å²) in [4.78, 5) is 2.53. The maximum Gasteiger partial charge on any atom is 0.00694 e. The van der Waals surface area contributed by atoms with Crippen molar-refractivity contribution in [1.82, 2.24) is 10.2 Å². The van der Waals surface area contributed by atoms with E-state index < -0.39 is 0 Å². The third kappa shape index (κ3) is 5.19. The van der Waals surface area contributed by atoms with Crippen LogP contribution in [0.25, 0.3) is 0 Å². The van der Waals surface area contributed by atoms with E-state index in [0.29, 0.717) is 5.41 Å². The second kappa shape index (κ2) is 7.65. The van der Waals surface area contributed by atoms with E-state index in [-0.39, 0.29) is 0 Å². The fraction of sp³-hybridized carbons (Fsp3) is 1.00. The molecule has 1 N–H and O–H groups in total. The number of thioether (sulfide) groups is 1. The van der Waals surface area contributed by atoms with Crippen molar-refractivity contribution >= 4 is 11.8 Å². The largest absolute Gasteiger partial charge is 0.319 e. The van der Waals surface area contributed by atoms with Gasteiger partial charge in [0.25, 0.3) is 0 Å². The maximum absolute atomic E-state index is 3.42. The summed E-state index contributed by atoms with van der Waals surface area (Å²) in [7, 11) is 4.38. The quantitative estimate of drug-likeness (QED) is 0.756. The summed E-state index contributed by atoms with van der Waals surface area (Å²) in [6.07, 6.45) is 7.83. The maximum atomic E-state index is 3.42. The van der Waals surface area contributed by atoms with Gasteiger partial charge in [0, 0.05) is 25.4 Å². The highest BCUT2D eigenvalue weighted by molar-refractivity contribution is 7.98. The van der Waals surface area contributed by atoms with Gasteiger partial charge in [0.15, 0.2) is 0 Å². The number of rotatable bonds is 7. The van der Waals surface area contributed by atoms with Crippen molar-refractivity contribution < 1.29 is 0 Å². The second-order valence-corrected chi connectivity index (χ2v) is 6.93. The van der Waals surface area contributed by atoms with Gasteiger partial charge < -0.3 is 10.2 Å². The summed E-state index contributed by atoms with van der Waals surface area (Å²) >= 11 is 1.95. The standard InChI is InChI=1S/C14H30N2S/c1-13-5-7-14(8-6-13,11-15-2)12-16(3)9-10-17-4/h13,15H,5-12H2,1-4H3. The van der Waals surface area contributed by atoms with Crippen molar-refractivity contribution in [1.29, 1.82) is 0 Å². The van der Waals surface area contributed by atoms with Crippen LogP contribution in [0.3, 0.4) is 0 Å². The van der Waals surface area contributed by atoms with Crippen molar-refractivity contribution in [3.63, 3.8) is 0 Å². The van der Waals surface area contributed by atoms with Crippen molar-refractivity contribution in [3.05, 3.63) is 0 Å². The predicted molar refractivity (Wildman–Crippen MR) is 79.9 cm³/mol. The molecule has 17 heavy (non-hydrogen) atoms. The molecule has 0 spiro atoms. The van der Waals surface area contributed by atoms with Crippen LogP contribution in [0.4, 0.5) is 0 Å². The Morgan fingerprint density at radius 2 is 2.00 bits per heavy atom. The molecule has 0 aromatic carbocycles. The minimum absolute atomic E-state index is 0.536. The van der Waals surface area contributed by atoms with Crippen LogP contribution in [-0.4, -0.2) is 50.6 Å². The zero-order valence-electron chi connectivity index (χ0n) is 12.1. The van der Waals surface area contributed by atoms with Gasteiger partial charge in [-0.3, -0.25) is 0 Å². The fourth-order valence-corrected chi connectivity index (χ4v) is 3.53. The molecule has 102 valence electrons. The highest BCUT2D eigenvalue weighted by Gasteiger charge is 2.34. The molecule has 2 nitrogen and oxygen atoms in total. The van der Waals surface area contributed by atoms with Gasteiger partial charge in [-0.2, -0.15) is 11.8 Å². The van der Waals surface area contributed by atoms with Gasteiger partial charge >= 0.3 is 0 Å². The first kappa shape index (κ1) is 15.3. The molecule has 0 aromatic heterocycles. The Morgan fingerprint density at radius 3 is 2.53 bits per heavy atom. The normalized spacial score (nSPS) is 29.8. The van der Waals surface area contributed by atoms with Crippen LogP contribution in [-0.2, 0) is 0 Å². The first-order chi connectivity index (χ1) is 8.12. The van der Waals surface area contributed by atoms with Gasteiger partial charge in [-0.15, -0.1) is 0 Å². The van der Waals surface area contributed by atoms with Gasteiger partial charge in [-0.1, -0.05) is 19.8 Å². The van der Waals surface area contributed by atoms with Crippen molar-refractivity contribution in [2.24, 2.45) is 11.3 Å². The van der Waals surface area contributed by atoms with Gasteiger partial charge in [0.05, 0.1) is 0 Å². The summed E-state index contributed by atoms with van der Waals surface area (Å²) in [6.45, 7) is 6.08. The molecule has 0 saturated heterocycles. The lowest BCUT2D eigenvalue weighted by Gasteiger charge is -2.42. The van der Waals surface area contributed by atoms with Crippen molar-refractivity contribution in [2.75, 3.05) is 45.7 Å². The first-order valence-electron chi connectivity index (χ1n) is 6.94. The fourth-order valence-electron chi connectivity index (χ4n) is 3.04. The molecule has 0 heterocycles. The van der Waals surface area contributed by atoms with Crippen LogP contribution in [0.2, 0.25) is 0 Å². The smallest absolute Gasteiger partial charge is 0.00694 e. The minimum atomic E-state index is 0.536. The summed E-state index contributed by atoms with van der Waals surface area (Å²) < 4.78 is 0. The molecular weight excluding hydrogens is 228 g/mol. The Bertz CT molecular complexity index is 200. The highest BCUT2D eigenvalue weighted by atomic mass is 32.2. The zero-order valence-corrected chi connectivity index (χ0v) is 12.9. The molecule has 1 fully saturated rings. The van der Waals surface area contributed by atoms with Gasteiger partial charge in [-0.25, -0.2) is 0 Å². The average molecular weight is 258 g/mol. The van der Waals surface area contributed by atoms with Crippen LogP contribution in [0, 0.1) is 11.3 Å². The molecule has 0 unspecified atom stereocenters. The molecule has 1 aliphatic rings. The SMILES string of the molecule is CNCC1(CN(C)CCSC)CCC(C)CC1. The highest BCUT2D eigenvalue weighted by Crippen LogP contribution is 2.38. The van der Waals surface area contributed by atoms with E-state index in [0.717, 1.165) is 5.92 Å². The second-order valence-electron chi connectivity index (χ2n) is 5.94. The predicted octanol–water partition coefficient (Wildman–Crippen LogP) is 2.70. The van der Waals surface area contributed by atoms with E-state index in [9.17, 15) is 0 Å². The van der Waals surface area contributed by atoms with Crippen LogP contribution in [0.1, 0.15) is 32.6 Å². The molecule has 0 atom stereocenters. The van der Waals surface area contributed by atoms with E-state index >= 15 is 0 Å². The molecule has 3 heteroatoms. The summed E-state index contributed by atoms with van der Waals surface area (Å²) in [5.74, 6) is 2.19. The first-order valence-corrected chi connectivity index (χ1v) is 8.33. The zero-order chi connectivity index (χ0) is 12.7. The Morgan fingerprint density at radius 1 is 1.35 bits per heavy atom. The molecule has 0 aliphatic heterocycles. The van der Waals surface area contributed by atoms with Crippen LogP contribution < -0.4 is 5.32 Å². The van der Waals surface area contributed by atoms with E-state index in [4.69, 9.17) is 0 Å². The Hall–Kier alpha value is 0.270. The Kier molecular flexibility index (Phi) is 6.90. The average Bonchev–Trinajstić information content (AvgIpc) is 2.31. The Balaban J connectivity index is 2.46. The minimum Gasteiger partial charge on any atom is -0.319 e. The molecule has 0 amide bonds. The molecule has 0 aromatic rings. The Labute approximate surface area is 112 Å². The topological polar surface area (TPSA) is 15.3 Å².